The highest BCUT2D eigenvalue weighted by molar-refractivity contribution is 6.25. The van der Waals surface area contributed by atoms with Crippen LogP contribution in [0.5, 0.6) is 0 Å². The van der Waals surface area contributed by atoms with E-state index in [0.29, 0.717) is 0 Å². The minimum absolute atomic E-state index is 0.220. The first kappa shape index (κ1) is 10.3. The van der Waals surface area contributed by atoms with Crippen molar-refractivity contribution in [3.8, 4) is 0 Å². The average Bonchev–Trinajstić information content (AvgIpc) is 1.86. The molecule has 6 heteroatoms. The summed E-state index contributed by atoms with van der Waals surface area (Å²) >= 11 is 4.99. The number of amides is 1. The third-order valence-corrected chi connectivity index (χ3v) is 0.905. The van der Waals surface area contributed by atoms with Crippen molar-refractivity contribution < 1.29 is 18.0 Å². The number of rotatable bonds is 2. The molecule has 1 amide bonds. The van der Waals surface area contributed by atoms with Gasteiger partial charge in [-0.05, 0) is 0 Å². The van der Waals surface area contributed by atoms with E-state index in [4.69, 9.17) is 11.6 Å². The van der Waals surface area contributed by atoms with Crippen LogP contribution in [0.15, 0.2) is 11.6 Å². The Labute approximate surface area is 66.0 Å². The molecule has 0 atom stereocenters. The smallest absolute Gasteiger partial charge is 0.345 e. The van der Waals surface area contributed by atoms with E-state index >= 15 is 0 Å². The Morgan fingerprint density at radius 1 is 1.55 bits per heavy atom. The molecule has 0 heterocycles. The molecule has 0 aliphatic carbocycles. The zero-order chi connectivity index (χ0) is 8.91. The molecule has 0 saturated carbocycles. The van der Waals surface area contributed by atoms with Gasteiger partial charge in [0.1, 0.15) is 0 Å². The molecule has 1 N–H and O–H groups in total. The van der Waals surface area contributed by atoms with Gasteiger partial charge in [0.05, 0.1) is 0 Å². The summed E-state index contributed by atoms with van der Waals surface area (Å²) in [6.07, 6.45) is -3.63. The van der Waals surface area contributed by atoms with Crippen molar-refractivity contribution in [2.75, 3.05) is 6.54 Å². The zero-order valence-corrected chi connectivity index (χ0v) is 6.04. The molecule has 64 valence electrons. The average molecular weight is 188 g/mol. The first-order valence-corrected chi connectivity index (χ1v) is 3.02. The highest BCUT2D eigenvalue weighted by Crippen LogP contribution is 2.13. The quantitative estimate of drug-likeness (QED) is 0.696. The second kappa shape index (κ2) is 4.23. The van der Waals surface area contributed by atoms with Gasteiger partial charge in [0, 0.05) is 12.1 Å². The van der Waals surface area contributed by atoms with Crippen LogP contribution in [0, 0.1) is 0 Å². The molecule has 11 heavy (non-hydrogen) atoms. The molecule has 0 aromatic rings. The first-order valence-electron chi connectivity index (χ1n) is 2.58. The van der Waals surface area contributed by atoms with Gasteiger partial charge in [-0.1, -0.05) is 17.7 Å². The van der Waals surface area contributed by atoms with Crippen LogP contribution in [0.1, 0.15) is 0 Å². The van der Waals surface area contributed by atoms with Gasteiger partial charge in [-0.2, -0.15) is 13.2 Å². The largest absolute Gasteiger partial charge is 0.471 e. The maximum atomic E-state index is 11.4. The molecule has 0 bridgehead atoms. The molecule has 2 nitrogen and oxygen atoms in total. The summed E-state index contributed by atoms with van der Waals surface area (Å²) in [5, 5.41) is 1.59. The van der Waals surface area contributed by atoms with E-state index in [1.165, 1.54) is 6.08 Å². The van der Waals surface area contributed by atoms with Crippen molar-refractivity contribution in [2.45, 2.75) is 6.18 Å². The van der Waals surface area contributed by atoms with Crippen LogP contribution in [0.3, 0.4) is 0 Å². The van der Waals surface area contributed by atoms with E-state index < -0.39 is 12.1 Å². The van der Waals surface area contributed by atoms with Crippen LogP contribution in [-0.2, 0) is 4.79 Å². The normalized spacial score (nSPS) is 12.0. The van der Waals surface area contributed by atoms with Crippen molar-refractivity contribution in [1.29, 1.82) is 0 Å². The van der Waals surface area contributed by atoms with Crippen molar-refractivity contribution >= 4 is 17.5 Å². The van der Waals surface area contributed by atoms with E-state index in [-0.39, 0.29) is 6.54 Å². The SMILES string of the molecule is O=C(NCC=CCl)C(F)(F)F. The third-order valence-electron chi connectivity index (χ3n) is 0.727. The molecule has 0 spiro atoms. The number of hydrogen-bond acceptors (Lipinski definition) is 1. The van der Waals surface area contributed by atoms with E-state index in [2.05, 4.69) is 0 Å². The molecule has 0 unspecified atom stereocenters. The summed E-state index contributed by atoms with van der Waals surface area (Å²) in [6, 6.07) is 0. The van der Waals surface area contributed by atoms with E-state index in [1.807, 2.05) is 0 Å². The lowest BCUT2D eigenvalue weighted by Gasteiger charge is -2.04. The Hall–Kier alpha value is -0.710. The van der Waals surface area contributed by atoms with Gasteiger partial charge in [0.15, 0.2) is 0 Å². The number of carbonyl (C=O) groups excluding carboxylic acids is 1. The predicted octanol–water partition coefficient (Wildman–Crippen LogP) is 1.42. The number of alkyl halides is 3. The standard InChI is InChI=1S/C5H5ClF3NO/c6-2-1-3-10-4(11)5(7,8)9/h1-2H,3H2,(H,10,11). The van der Waals surface area contributed by atoms with E-state index in [0.717, 1.165) is 5.54 Å². The molecule has 0 aliphatic heterocycles. The Bertz CT molecular complexity index is 166. The van der Waals surface area contributed by atoms with Crippen LogP contribution < -0.4 is 5.32 Å². The monoisotopic (exact) mass is 187 g/mol. The second-order valence-corrected chi connectivity index (χ2v) is 1.82. The van der Waals surface area contributed by atoms with Crippen molar-refractivity contribution in [3.63, 3.8) is 0 Å². The Morgan fingerprint density at radius 3 is 2.45 bits per heavy atom. The van der Waals surface area contributed by atoms with Gasteiger partial charge in [-0.15, -0.1) is 0 Å². The van der Waals surface area contributed by atoms with Crippen LogP contribution in [0.2, 0.25) is 0 Å². The lowest BCUT2D eigenvalue weighted by molar-refractivity contribution is -0.173. The maximum absolute atomic E-state index is 11.4. The van der Waals surface area contributed by atoms with Crippen molar-refractivity contribution in [3.05, 3.63) is 11.6 Å². The third kappa shape index (κ3) is 4.66. The van der Waals surface area contributed by atoms with Gasteiger partial charge in [-0.25, -0.2) is 0 Å². The lowest BCUT2D eigenvalue weighted by Crippen LogP contribution is -2.36. The summed E-state index contributed by atoms with van der Waals surface area (Å²) < 4.78 is 34.2. The summed E-state index contributed by atoms with van der Waals surface area (Å²) in [7, 11) is 0. The fourth-order valence-electron chi connectivity index (χ4n) is 0.296. The van der Waals surface area contributed by atoms with Gasteiger partial charge in [0.25, 0.3) is 0 Å². The molecule has 0 aromatic carbocycles. The van der Waals surface area contributed by atoms with Crippen molar-refractivity contribution in [1.82, 2.24) is 5.32 Å². The molecular weight excluding hydrogens is 183 g/mol. The predicted molar refractivity (Wildman–Crippen MR) is 34.1 cm³/mol. The van der Waals surface area contributed by atoms with Crippen LogP contribution >= 0.6 is 11.6 Å². The fourth-order valence-corrected chi connectivity index (χ4v) is 0.385. The van der Waals surface area contributed by atoms with Gasteiger partial charge in [0.2, 0.25) is 0 Å². The summed E-state index contributed by atoms with van der Waals surface area (Å²) in [5.74, 6) is -1.97. The molecule has 0 fully saturated rings. The van der Waals surface area contributed by atoms with Gasteiger partial charge in [-0.3, -0.25) is 4.79 Å². The Kier molecular flexibility index (Phi) is 3.95. The van der Waals surface area contributed by atoms with Gasteiger partial charge >= 0.3 is 12.1 Å². The van der Waals surface area contributed by atoms with Crippen molar-refractivity contribution in [2.24, 2.45) is 0 Å². The molecule has 0 rings (SSSR count). The van der Waals surface area contributed by atoms with Crippen LogP contribution in [0.25, 0.3) is 0 Å². The zero-order valence-electron chi connectivity index (χ0n) is 5.28. The summed E-state index contributed by atoms with van der Waals surface area (Å²) in [4.78, 5) is 10.0. The number of carbonyl (C=O) groups is 1. The van der Waals surface area contributed by atoms with Crippen LogP contribution in [0.4, 0.5) is 13.2 Å². The minimum atomic E-state index is -4.82. The number of hydrogen-bond donors (Lipinski definition) is 1. The second-order valence-electron chi connectivity index (χ2n) is 1.57. The molecule has 0 saturated heterocycles. The summed E-state index contributed by atoms with van der Waals surface area (Å²) in [5.41, 5.74) is 1.02. The maximum Gasteiger partial charge on any atom is 0.471 e. The fraction of sp³-hybridized carbons (Fsp3) is 0.400. The highest BCUT2D eigenvalue weighted by Gasteiger charge is 2.37. The van der Waals surface area contributed by atoms with E-state index in [1.54, 1.807) is 5.32 Å². The number of halogens is 4. The molecule has 0 aliphatic rings. The summed E-state index contributed by atoms with van der Waals surface area (Å²) in [6.45, 7) is -0.220. The molecule has 0 radical (unpaired) electrons. The minimum Gasteiger partial charge on any atom is -0.345 e. The lowest BCUT2D eigenvalue weighted by atomic mass is 10.5. The first-order chi connectivity index (χ1) is 4.98. The molecular formula is C5H5ClF3NO. The Balaban J connectivity index is 3.71. The topological polar surface area (TPSA) is 29.1 Å². The Morgan fingerprint density at radius 2 is 2.09 bits per heavy atom. The van der Waals surface area contributed by atoms with Crippen LogP contribution in [-0.4, -0.2) is 18.6 Å². The van der Waals surface area contributed by atoms with Gasteiger partial charge < -0.3 is 5.32 Å². The molecule has 0 aromatic heterocycles. The van der Waals surface area contributed by atoms with E-state index in [9.17, 15) is 18.0 Å². The highest BCUT2D eigenvalue weighted by atomic mass is 35.5. The number of nitrogens with one attached hydrogen (secondary N) is 1.